The van der Waals surface area contributed by atoms with Gasteiger partial charge in [-0.1, -0.05) is 67.4 Å². The summed E-state index contributed by atoms with van der Waals surface area (Å²) in [6.07, 6.45) is 9.12. The number of unbranched alkanes of at least 4 members (excludes halogenated alkanes) is 2. The fourth-order valence-corrected chi connectivity index (χ4v) is 10.2. The Labute approximate surface area is 392 Å². The highest BCUT2D eigenvalue weighted by Gasteiger charge is 2.65. The molecule has 4 aromatic carbocycles. The molecule has 67 heavy (non-hydrogen) atoms. The number of hydrogen-bond acceptors (Lipinski definition) is 11. The molecular weight excluding hydrogens is 858 g/mol. The molecule has 14 heteroatoms. The highest BCUT2D eigenvalue weighted by molar-refractivity contribution is 6.03. The molecule has 13 nitrogen and oxygen atoms in total. The first kappa shape index (κ1) is 48.8. The minimum atomic E-state index is -1.46. The first-order valence-electron chi connectivity index (χ1n) is 23.4. The molecular formula is C53H62FN3O10. The molecule has 7 rings (SSSR count). The summed E-state index contributed by atoms with van der Waals surface area (Å²) < 4.78 is 41.1. The summed E-state index contributed by atoms with van der Waals surface area (Å²) in [5, 5.41) is 36.3. The number of carbonyl (C=O) groups is 1. The van der Waals surface area contributed by atoms with E-state index in [-0.39, 0.29) is 81.0 Å². The largest absolute Gasteiger partial charge is 0.497 e. The molecule has 0 unspecified atom stereocenters. The van der Waals surface area contributed by atoms with Crippen LogP contribution in [0, 0.1) is 33.7 Å². The van der Waals surface area contributed by atoms with E-state index >= 15 is 0 Å². The summed E-state index contributed by atoms with van der Waals surface area (Å²) >= 11 is 0. The zero-order valence-corrected chi connectivity index (χ0v) is 38.4. The third-order valence-corrected chi connectivity index (χ3v) is 13.2. The maximum Gasteiger partial charge on any atom is 0.269 e. The second kappa shape index (κ2) is 23.1. The number of oxime groups is 1. The Kier molecular flexibility index (Phi) is 16.8. The van der Waals surface area contributed by atoms with Crippen LogP contribution < -0.4 is 14.2 Å². The topological polar surface area (TPSA) is 162 Å². The number of methoxy groups -OCH3 is 1. The van der Waals surface area contributed by atoms with Crippen LogP contribution in [0.3, 0.4) is 0 Å². The number of hydrogen-bond donors (Lipinski definition) is 2. The first-order valence-corrected chi connectivity index (χ1v) is 23.4. The lowest BCUT2D eigenvalue weighted by atomic mass is 9.55. The van der Waals surface area contributed by atoms with E-state index in [0.29, 0.717) is 59.9 Å². The van der Waals surface area contributed by atoms with Crippen LogP contribution in [0.25, 0.3) is 0 Å². The third-order valence-electron chi connectivity index (χ3n) is 13.2. The van der Waals surface area contributed by atoms with E-state index in [2.05, 4.69) is 12.7 Å². The van der Waals surface area contributed by atoms with E-state index < -0.39 is 22.7 Å². The zero-order valence-electron chi connectivity index (χ0n) is 38.4. The summed E-state index contributed by atoms with van der Waals surface area (Å²) in [7, 11) is 1.59. The normalized spacial score (nSPS) is 22.1. The Morgan fingerprint density at radius 2 is 1.75 bits per heavy atom. The van der Waals surface area contributed by atoms with Crippen LogP contribution in [0.5, 0.6) is 17.2 Å². The molecule has 0 radical (unpaired) electrons. The summed E-state index contributed by atoms with van der Waals surface area (Å²) in [4.78, 5) is 34.0. The predicted octanol–water partition coefficient (Wildman–Crippen LogP) is 9.64. The Morgan fingerprint density at radius 3 is 2.46 bits per heavy atom. The number of allylic oxidation sites excluding steroid dienone is 1. The molecule has 4 aromatic rings. The van der Waals surface area contributed by atoms with Crippen molar-refractivity contribution in [3.05, 3.63) is 153 Å². The maximum atomic E-state index is 15.0. The van der Waals surface area contributed by atoms with Crippen molar-refractivity contribution in [2.24, 2.45) is 22.9 Å². The minimum absolute atomic E-state index is 0.00796. The van der Waals surface area contributed by atoms with Crippen LogP contribution in [0.4, 0.5) is 10.1 Å². The lowest BCUT2D eigenvalue weighted by Crippen LogP contribution is -2.70. The molecule has 6 atom stereocenters. The number of nitro benzene ring substituents is 1. The zero-order chi connectivity index (χ0) is 47.3. The van der Waals surface area contributed by atoms with Gasteiger partial charge >= 0.3 is 0 Å². The Bertz CT molecular complexity index is 2390. The van der Waals surface area contributed by atoms with Crippen molar-refractivity contribution in [3.63, 3.8) is 0 Å². The minimum Gasteiger partial charge on any atom is -0.497 e. The number of carbonyl (C=O) groups excluding carboxylic acids is 1. The number of halogens is 1. The van der Waals surface area contributed by atoms with Crippen molar-refractivity contribution in [1.82, 2.24) is 4.90 Å². The van der Waals surface area contributed by atoms with Gasteiger partial charge in [0.1, 0.15) is 42.3 Å². The van der Waals surface area contributed by atoms with Gasteiger partial charge in [0.25, 0.3) is 5.69 Å². The monoisotopic (exact) mass is 919 g/mol. The van der Waals surface area contributed by atoms with Gasteiger partial charge in [-0.05, 0) is 109 Å². The van der Waals surface area contributed by atoms with Crippen LogP contribution in [-0.4, -0.2) is 77.0 Å². The predicted molar refractivity (Wildman–Crippen MR) is 252 cm³/mol. The quantitative estimate of drug-likeness (QED) is 0.0300. The average Bonchev–Trinajstić information content (AvgIpc) is 3.34. The summed E-state index contributed by atoms with van der Waals surface area (Å²) in [6, 6.07) is 25.0. The fraction of sp³-hybridized carbons (Fsp3) is 0.434. The van der Waals surface area contributed by atoms with E-state index in [4.69, 9.17) is 28.9 Å². The van der Waals surface area contributed by atoms with Gasteiger partial charge in [-0.3, -0.25) is 14.9 Å². The van der Waals surface area contributed by atoms with Crippen LogP contribution in [0.15, 0.2) is 120 Å². The smallest absolute Gasteiger partial charge is 0.269 e. The van der Waals surface area contributed by atoms with Crippen molar-refractivity contribution in [2.45, 2.75) is 95.7 Å². The molecule has 0 bridgehead atoms. The van der Waals surface area contributed by atoms with Gasteiger partial charge in [-0.25, -0.2) is 4.39 Å². The average molecular weight is 920 g/mol. The molecule has 2 aliphatic carbocycles. The molecule has 1 fully saturated rings. The molecule has 1 amide bonds. The van der Waals surface area contributed by atoms with Crippen molar-refractivity contribution < 1.29 is 48.1 Å². The number of aliphatic hydroxyl groups excluding tert-OH is 2. The molecule has 356 valence electrons. The number of rotatable bonds is 24. The lowest BCUT2D eigenvalue weighted by molar-refractivity contribution is -0.384. The molecule has 1 saturated carbocycles. The van der Waals surface area contributed by atoms with E-state index in [9.17, 15) is 29.5 Å². The SMILES string of the molecule is C=CCO[C@@]12Oc3ccc(OCc4ccccc4F)cc3[C@H]3[C@H](CCCCO)[C@@H](CCCCO)C=C(C(=NOCc4ccc([N+](=O)[O-])cc4)C[C@@H]1N(CCC)C(=O)Cc1cccc(OC)c1)[C@H]32. The molecule has 2 N–H and O–H groups in total. The molecule has 0 spiro atoms. The number of nitro groups is 1. The van der Waals surface area contributed by atoms with Gasteiger partial charge in [-0.15, -0.1) is 6.58 Å². The molecule has 3 aliphatic rings. The Morgan fingerprint density at radius 1 is 0.970 bits per heavy atom. The van der Waals surface area contributed by atoms with Crippen LogP contribution in [0.1, 0.15) is 86.5 Å². The van der Waals surface area contributed by atoms with Gasteiger partial charge in [-0.2, -0.15) is 0 Å². The summed E-state index contributed by atoms with van der Waals surface area (Å²) in [5.41, 5.74) is 4.21. The van der Waals surface area contributed by atoms with Crippen LogP contribution in [0.2, 0.25) is 0 Å². The Hall–Kier alpha value is -6.09. The van der Waals surface area contributed by atoms with Gasteiger partial charge < -0.3 is 38.9 Å². The lowest BCUT2D eigenvalue weighted by Gasteiger charge is -2.60. The summed E-state index contributed by atoms with van der Waals surface area (Å²) in [6.45, 7) is 6.69. The number of fused-ring (bicyclic) bond motifs is 2. The number of amides is 1. The molecule has 1 aliphatic heterocycles. The second-order valence-corrected chi connectivity index (χ2v) is 17.5. The van der Waals surface area contributed by atoms with Gasteiger partial charge in [0.15, 0.2) is 0 Å². The highest BCUT2D eigenvalue weighted by Crippen LogP contribution is 2.62. The number of aliphatic hydroxyl groups is 2. The number of ether oxygens (including phenoxy) is 4. The van der Waals surface area contributed by atoms with Crippen LogP contribution in [-0.2, 0) is 34.0 Å². The Balaban J connectivity index is 1.41. The molecule has 0 saturated heterocycles. The van der Waals surface area contributed by atoms with Gasteiger partial charge in [0, 0.05) is 55.4 Å². The third kappa shape index (κ3) is 11.2. The number of benzene rings is 4. The van der Waals surface area contributed by atoms with E-state index in [1.165, 1.54) is 18.2 Å². The molecule has 1 heterocycles. The number of non-ortho nitro benzene ring substituents is 1. The standard InChI is InChI=1S/C53H62FN3O10/c1-4-25-56(50(60)30-37-13-12-16-41(29-37)63-3)49-33-47(55-66-34-36-19-21-40(22-20-36)57(61)62)44-31-38(14-8-10-26-58)43(17-9-11-27-59)51-45-32-42(64-35-39-15-6-7-18-46(39)54)23-24-48(45)67-53(49,52(44)51)65-28-5-2/h5-7,12-13,15-16,18-24,29,31-32,38,43,49,51-52,58-59H,2,4,8-11,14,17,25-28,30,33-35H2,1,3H3/t38-,43+,49-,51+,52+,53+/m0/s1. The maximum absolute atomic E-state index is 15.0. The van der Waals surface area contributed by atoms with Crippen molar-refractivity contribution in [1.29, 1.82) is 0 Å². The molecule has 0 aromatic heterocycles. The second-order valence-electron chi connectivity index (χ2n) is 17.5. The van der Waals surface area contributed by atoms with E-state index in [0.717, 1.165) is 42.4 Å². The number of nitrogens with zero attached hydrogens (tertiary/aromatic N) is 3. The highest BCUT2D eigenvalue weighted by atomic mass is 19.1. The van der Waals surface area contributed by atoms with Crippen LogP contribution >= 0.6 is 0 Å². The van der Waals surface area contributed by atoms with E-state index in [1.54, 1.807) is 43.5 Å². The van der Waals surface area contributed by atoms with Crippen molar-refractivity contribution in [2.75, 3.05) is 33.5 Å². The van der Waals surface area contributed by atoms with Gasteiger partial charge in [0.2, 0.25) is 11.7 Å². The van der Waals surface area contributed by atoms with Gasteiger partial charge in [0.05, 0.1) is 36.7 Å². The summed E-state index contributed by atoms with van der Waals surface area (Å²) in [5.74, 6) is -1.12. The van der Waals surface area contributed by atoms with E-state index in [1.807, 2.05) is 54.3 Å². The van der Waals surface area contributed by atoms with Crippen molar-refractivity contribution in [3.8, 4) is 17.2 Å². The fourth-order valence-electron chi connectivity index (χ4n) is 10.2. The first-order chi connectivity index (χ1) is 32.6. The van der Waals surface area contributed by atoms with Crippen molar-refractivity contribution >= 4 is 17.3 Å².